The number of rotatable bonds is 6. The van der Waals surface area contributed by atoms with Crippen molar-refractivity contribution in [2.75, 3.05) is 23.3 Å². The van der Waals surface area contributed by atoms with Crippen LogP contribution >= 0.6 is 0 Å². The minimum absolute atomic E-state index is 0.227. The van der Waals surface area contributed by atoms with Crippen LogP contribution in [0.1, 0.15) is 15.9 Å². The minimum Gasteiger partial charge on any atom is -0.454 e. The SMILES string of the molecule is Nc1c(NCc2ccc3c(c2)OCO3)ncnc1NNC(=O)c1cccnc1. The van der Waals surface area contributed by atoms with Crippen molar-refractivity contribution in [1.29, 1.82) is 0 Å². The summed E-state index contributed by atoms with van der Waals surface area (Å²) in [6.45, 7) is 0.699. The van der Waals surface area contributed by atoms with Crippen LogP contribution in [0.4, 0.5) is 17.3 Å². The predicted octanol–water partition coefficient (Wildman–Crippen LogP) is 1.55. The Morgan fingerprint density at radius 2 is 2.00 bits per heavy atom. The van der Waals surface area contributed by atoms with Gasteiger partial charge in [-0.15, -0.1) is 0 Å². The minimum atomic E-state index is -0.360. The van der Waals surface area contributed by atoms with Gasteiger partial charge >= 0.3 is 0 Å². The number of nitrogens with two attached hydrogens (primary N) is 1. The molecule has 0 saturated heterocycles. The summed E-state index contributed by atoms with van der Waals surface area (Å²) in [7, 11) is 0. The summed E-state index contributed by atoms with van der Waals surface area (Å²) in [5.41, 5.74) is 13.0. The number of nitrogen functional groups attached to an aromatic ring is 1. The molecule has 1 aliphatic heterocycles. The Morgan fingerprint density at radius 1 is 1.14 bits per heavy atom. The molecule has 0 saturated carbocycles. The van der Waals surface area contributed by atoms with Crippen LogP contribution in [0.15, 0.2) is 49.1 Å². The van der Waals surface area contributed by atoms with Crippen molar-refractivity contribution in [3.05, 3.63) is 60.2 Å². The van der Waals surface area contributed by atoms with Gasteiger partial charge in [0.05, 0.1) is 5.56 Å². The monoisotopic (exact) mass is 379 g/mol. The number of hydrogen-bond donors (Lipinski definition) is 4. The van der Waals surface area contributed by atoms with Crippen LogP contribution in [-0.4, -0.2) is 27.7 Å². The van der Waals surface area contributed by atoms with Crippen LogP contribution in [0, 0.1) is 0 Å². The fraction of sp³-hybridized carbons (Fsp3) is 0.111. The van der Waals surface area contributed by atoms with Gasteiger partial charge in [0, 0.05) is 18.9 Å². The third-order valence-corrected chi connectivity index (χ3v) is 4.00. The molecule has 142 valence electrons. The van der Waals surface area contributed by atoms with Crippen molar-refractivity contribution < 1.29 is 14.3 Å². The quantitative estimate of drug-likeness (QED) is 0.470. The second-order valence-corrected chi connectivity index (χ2v) is 5.85. The lowest BCUT2D eigenvalue weighted by Crippen LogP contribution is -2.30. The smallest absolute Gasteiger partial charge is 0.271 e. The van der Waals surface area contributed by atoms with Gasteiger partial charge < -0.3 is 20.5 Å². The summed E-state index contributed by atoms with van der Waals surface area (Å²) in [6, 6.07) is 8.98. The van der Waals surface area contributed by atoms with Crippen molar-refractivity contribution in [3.8, 4) is 11.5 Å². The second kappa shape index (κ2) is 7.66. The Bertz CT molecular complexity index is 998. The van der Waals surface area contributed by atoms with E-state index >= 15 is 0 Å². The van der Waals surface area contributed by atoms with E-state index in [1.54, 1.807) is 18.3 Å². The maximum absolute atomic E-state index is 12.1. The van der Waals surface area contributed by atoms with E-state index in [0.717, 1.165) is 11.3 Å². The van der Waals surface area contributed by atoms with Crippen LogP contribution in [0.2, 0.25) is 0 Å². The number of pyridine rings is 1. The Hall–Kier alpha value is -4.08. The number of ether oxygens (including phenoxy) is 2. The Morgan fingerprint density at radius 3 is 2.86 bits per heavy atom. The number of benzene rings is 1. The number of nitrogens with zero attached hydrogens (tertiary/aromatic N) is 3. The first-order valence-corrected chi connectivity index (χ1v) is 8.40. The molecule has 0 radical (unpaired) electrons. The van der Waals surface area contributed by atoms with Crippen LogP contribution in [0.5, 0.6) is 11.5 Å². The number of hydrogen-bond acceptors (Lipinski definition) is 9. The van der Waals surface area contributed by atoms with Gasteiger partial charge in [-0.05, 0) is 29.8 Å². The average Bonchev–Trinajstić information content (AvgIpc) is 3.20. The fourth-order valence-corrected chi connectivity index (χ4v) is 2.56. The van der Waals surface area contributed by atoms with Crippen molar-refractivity contribution >= 4 is 23.2 Å². The summed E-state index contributed by atoms with van der Waals surface area (Å²) in [6.07, 6.45) is 4.39. The van der Waals surface area contributed by atoms with E-state index in [-0.39, 0.29) is 24.2 Å². The standard InChI is InChI=1S/C18H17N7O3/c19-15-16(21-7-11-3-4-13-14(6-11)28-10-27-13)22-9-23-17(15)24-25-18(26)12-2-1-5-20-8-12/h1-6,8-9H,7,10,19H2,(H,25,26)(H2,21,22,23,24). The molecule has 28 heavy (non-hydrogen) atoms. The van der Waals surface area contributed by atoms with Gasteiger partial charge in [-0.1, -0.05) is 6.07 Å². The first-order chi connectivity index (χ1) is 13.7. The van der Waals surface area contributed by atoms with Gasteiger partial charge in [-0.3, -0.25) is 20.6 Å². The summed E-state index contributed by atoms with van der Waals surface area (Å²) >= 11 is 0. The van der Waals surface area contributed by atoms with Crippen LogP contribution < -0.4 is 31.4 Å². The fourth-order valence-electron chi connectivity index (χ4n) is 2.56. The molecule has 0 spiro atoms. The first kappa shape index (κ1) is 17.3. The molecule has 10 heteroatoms. The average molecular weight is 379 g/mol. The first-order valence-electron chi connectivity index (χ1n) is 8.40. The Kier molecular flexibility index (Phi) is 4.74. The molecule has 10 nitrogen and oxygen atoms in total. The molecule has 1 amide bonds. The molecule has 0 aliphatic carbocycles. The number of aromatic nitrogens is 3. The highest BCUT2D eigenvalue weighted by molar-refractivity contribution is 5.94. The van der Waals surface area contributed by atoms with Crippen LogP contribution in [-0.2, 0) is 6.54 Å². The zero-order valence-electron chi connectivity index (χ0n) is 14.7. The highest BCUT2D eigenvalue weighted by Crippen LogP contribution is 2.32. The molecule has 3 aromatic rings. The summed E-state index contributed by atoms with van der Waals surface area (Å²) in [4.78, 5) is 24.2. The number of carbonyl (C=O) groups is 1. The highest BCUT2D eigenvalue weighted by Gasteiger charge is 2.14. The summed E-state index contributed by atoms with van der Waals surface area (Å²) in [5, 5.41) is 3.14. The van der Waals surface area contributed by atoms with E-state index in [1.165, 1.54) is 12.5 Å². The number of carbonyl (C=O) groups excluding carboxylic acids is 1. The Labute approximate surface area is 160 Å². The Balaban J connectivity index is 1.40. The van der Waals surface area contributed by atoms with E-state index < -0.39 is 0 Å². The van der Waals surface area contributed by atoms with Gasteiger partial charge in [0.1, 0.15) is 12.0 Å². The van der Waals surface area contributed by atoms with Crippen LogP contribution in [0.3, 0.4) is 0 Å². The van der Waals surface area contributed by atoms with Crippen molar-refractivity contribution in [3.63, 3.8) is 0 Å². The number of fused-ring (bicyclic) bond motifs is 1. The zero-order valence-corrected chi connectivity index (χ0v) is 14.7. The molecule has 0 fully saturated rings. The summed E-state index contributed by atoms with van der Waals surface area (Å²) in [5.74, 6) is 1.78. The molecule has 2 aromatic heterocycles. The molecule has 0 unspecified atom stereocenters. The lowest BCUT2D eigenvalue weighted by atomic mass is 10.2. The maximum Gasteiger partial charge on any atom is 0.271 e. The van der Waals surface area contributed by atoms with Crippen LogP contribution in [0.25, 0.3) is 0 Å². The lowest BCUT2D eigenvalue weighted by Gasteiger charge is -2.13. The number of nitrogens with one attached hydrogen (secondary N) is 3. The number of amides is 1. The molecule has 1 aromatic carbocycles. The lowest BCUT2D eigenvalue weighted by molar-refractivity contribution is 0.0962. The molecule has 5 N–H and O–H groups in total. The van der Waals surface area contributed by atoms with Gasteiger partial charge in [-0.25, -0.2) is 9.97 Å². The molecular formula is C18H17N7O3. The van der Waals surface area contributed by atoms with E-state index in [4.69, 9.17) is 15.2 Å². The second-order valence-electron chi connectivity index (χ2n) is 5.85. The number of anilines is 3. The molecule has 4 rings (SSSR count). The molecule has 0 bridgehead atoms. The van der Waals surface area contributed by atoms with Crippen molar-refractivity contribution in [2.24, 2.45) is 0 Å². The molecule has 1 aliphatic rings. The largest absolute Gasteiger partial charge is 0.454 e. The van der Waals surface area contributed by atoms with Crippen molar-refractivity contribution in [1.82, 2.24) is 20.4 Å². The topological polar surface area (TPSA) is 136 Å². The maximum atomic E-state index is 12.1. The third-order valence-electron chi connectivity index (χ3n) is 4.00. The molecule has 3 heterocycles. The van der Waals surface area contributed by atoms with E-state index in [2.05, 4.69) is 31.1 Å². The van der Waals surface area contributed by atoms with Gasteiger partial charge in [0.2, 0.25) is 6.79 Å². The molecule has 0 atom stereocenters. The van der Waals surface area contributed by atoms with E-state index in [0.29, 0.717) is 23.7 Å². The summed E-state index contributed by atoms with van der Waals surface area (Å²) < 4.78 is 10.7. The van der Waals surface area contributed by atoms with Gasteiger partial charge in [-0.2, -0.15) is 0 Å². The third kappa shape index (κ3) is 3.70. The van der Waals surface area contributed by atoms with E-state index in [1.807, 2.05) is 18.2 Å². The van der Waals surface area contributed by atoms with Gasteiger partial charge in [0.15, 0.2) is 23.1 Å². The van der Waals surface area contributed by atoms with Crippen molar-refractivity contribution in [2.45, 2.75) is 6.54 Å². The normalized spacial score (nSPS) is 11.7. The predicted molar refractivity (Wildman–Crippen MR) is 102 cm³/mol. The van der Waals surface area contributed by atoms with Gasteiger partial charge in [0.25, 0.3) is 5.91 Å². The highest BCUT2D eigenvalue weighted by atomic mass is 16.7. The van der Waals surface area contributed by atoms with E-state index in [9.17, 15) is 4.79 Å². The zero-order chi connectivity index (χ0) is 19.3. The molecular weight excluding hydrogens is 362 g/mol. The number of hydrazine groups is 1.